The van der Waals surface area contributed by atoms with E-state index in [0.717, 1.165) is 23.3 Å². The highest BCUT2D eigenvalue weighted by Gasteiger charge is 2.07. The van der Waals surface area contributed by atoms with Gasteiger partial charge in [0, 0.05) is 5.39 Å². The summed E-state index contributed by atoms with van der Waals surface area (Å²) in [5.74, 6) is 0. The molecule has 1 aromatic heterocycles. The van der Waals surface area contributed by atoms with Gasteiger partial charge in [0.2, 0.25) is 0 Å². The van der Waals surface area contributed by atoms with E-state index in [2.05, 4.69) is 41.5 Å². The first-order valence-electron chi connectivity index (χ1n) is 6.53. The highest BCUT2D eigenvalue weighted by atomic mass is 15.3. The number of nitrogens with zero attached hydrogens (tertiary/aromatic N) is 2. The largest absolute Gasteiger partial charge is 0.330 e. The average Bonchev–Trinajstić information content (AvgIpc) is 2.78. The zero-order valence-electron chi connectivity index (χ0n) is 11.0. The Bertz CT molecular complexity index is 696. The molecule has 0 saturated carbocycles. The maximum Gasteiger partial charge on any atom is 0.0743 e. The van der Waals surface area contributed by atoms with E-state index in [9.17, 15) is 0 Å². The average molecular weight is 251 g/mol. The van der Waals surface area contributed by atoms with Crippen molar-refractivity contribution in [2.24, 2.45) is 5.73 Å². The fraction of sp³-hybridized carbons (Fsp3) is 0.188. The summed E-state index contributed by atoms with van der Waals surface area (Å²) in [4.78, 5) is 0. The number of benzene rings is 2. The maximum absolute atomic E-state index is 5.57. The number of rotatable bonds is 3. The lowest BCUT2D eigenvalue weighted by atomic mass is 10.1. The molecule has 0 aliphatic rings. The fourth-order valence-corrected chi connectivity index (χ4v) is 2.39. The van der Waals surface area contributed by atoms with E-state index in [1.807, 2.05) is 23.7 Å². The number of hydrogen-bond acceptors (Lipinski definition) is 2. The van der Waals surface area contributed by atoms with Crippen LogP contribution in [0.15, 0.2) is 48.5 Å². The van der Waals surface area contributed by atoms with Gasteiger partial charge >= 0.3 is 0 Å². The molecule has 0 amide bonds. The third kappa shape index (κ3) is 2.13. The van der Waals surface area contributed by atoms with Gasteiger partial charge in [0.1, 0.15) is 0 Å². The molecular formula is C16H17N3. The van der Waals surface area contributed by atoms with Crippen molar-refractivity contribution < 1.29 is 0 Å². The molecule has 96 valence electrons. The molecule has 0 spiro atoms. The predicted octanol–water partition coefficient (Wildman–Crippen LogP) is 2.84. The number of fused-ring (bicyclic) bond motifs is 1. The third-order valence-corrected chi connectivity index (χ3v) is 3.39. The molecule has 3 heteroatoms. The van der Waals surface area contributed by atoms with E-state index in [0.29, 0.717) is 6.54 Å². The summed E-state index contributed by atoms with van der Waals surface area (Å²) in [5, 5.41) is 5.83. The first-order chi connectivity index (χ1) is 9.29. The normalized spacial score (nSPS) is 11.1. The van der Waals surface area contributed by atoms with E-state index in [1.54, 1.807) is 0 Å². The molecule has 2 aromatic carbocycles. The van der Waals surface area contributed by atoms with Crippen LogP contribution in [0.5, 0.6) is 0 Å². The summed E-state index contributed by atoms with van der Waals surface area (Å²) in [6.45, 7) is 2.73. The lowest BCUT2D eigenvalue weighted by Crippen LogP contribution is -2.03. The highest BCUT2D eigenvalue weighted by Crippen LogP contribution is 2.21. The summed E-state index contributed by atoms with van der Waals surface area (Å²) in [6.07, 6.45) is 0.916. The van der Waals surface area contributed by atoms with Gasteiger partial charge in [0.15, 0.2) is 0 Å². The molecule has 0 fully saturated rings. The van der Waals surface area contributed by atoms with E-state index in [-0.39, 0.29) is 0 Å². The molecule has 3 aromatic rings. The van der Waals surface area contributed by atoms with E-state index in [4.69, 9.17) is 5.73 Å². The molecule has 0 atom stereocenters. The lowest BCUT2D eigenvalue weighted by Gasteiger charge is -2.05. The monoisotopic (exact) mass is 251 g/mol. The smallest absolute Gasteiger partial charge is 0.0743 e. The van der Waals surface area contributed by atoms with Crippen LogP contribution in [0.1, 0.15) is 11.3 Å². The fourth-order valence-electron chi connectivity index (χ4n) is 2.39. The Hall–Kier alpha value is -2.13. The Morgan fingerprint density at radius 3 is 2.53 bits per heavy atom. The molecule has 0 radical (unpaired) electrons. The minimum Gasteiger partial charge on any atom is -0.330 e. The Kier molecular flexibility index (Phi) is 3.05. The zero-order valence-corrected chi connectivity index (χ0v) is 11.0. The van der Waals surface area contributed by atoms with Gasteiger partial charge in [-0.1, -0.05) is 30.3 Å². The molecule has 2 N–H and O–H groups in total. The maximum atomic E-state index is 5.57. The van der Waals surface area contributed by atoms with E-state index >= 15 is 0 Å². The SMILES string of the molecule is Cc1nn(-c2ccc(CCN)cc2)c2ccccc12. The van der Waals surface area contributed by atoms with Crippen molar-refractivity contribution in [2.75, 3.05) is 6.54 Å². The minimum absolute atomic E-state index is 0.684. The molecule has 0 aliphatic heterocycles. The van der Waals surface area contributed by atoms with E-state index < -0.39 is 0 Å². The van der Waals surface area contributed by atoms with Crippen molar-refractivity contribution in [3.8, 4) is 5.69 Å². The number of aromatic nitrogens is 2. The number of hydrogen-bond donors (Lipinski definition) is 1. The lowest BCUT2D eigenvalue weighted by molar-refractivity contribution is 0.886. The molecule has 0 aliphatic carbocycles. The van der Waals surface area contributed by atoms with Crippen LogP contribution in [0.2, 0.25) is 0 Å². The van der Waals surface area contributed by atoms with Gasteiger partial charge < -0.3 is 5.73 Å². The van der Waals surface area contributed by atoms with Crippen LogP contribution >= 0.6 is 0 Å². The Balaban J connectivity index is 2.09. The highest BCUT2D eigenvalue weighted by molar-refractivity contribution is 5.83. The summed E-state index contributed by atoms with van der Waals surface area (Å²) >= 11 is 0. The molecule has 3 rings (SSSR count). The first kappa shape index (κ1) is 11.9. The summed E-state index contributed by atoms with van der Waals surface area (Å²) < 4.78 is 2.00. The molecule has 0 bridgehead atoms. The molecular weight excluding hydrogens is 234 g/mol. The zero-order chi connectivity index (χ0) is 13.2. The first-order valence-corrected chi connectivity index (χ1v) is 6.53. The van der Waals surface area contributed by atoms with Crippen molar-refractivity contribution in [1.82, 2.24) is 9.78 Å². The number of aryl methyl sites for hydroxylation is 1. The van der Waals surface area contributed by atoms with Crippen molar-refractivity contribution in [3.05, 3.63) is 59.8 Å². The van der Waals surface area contributed by atoms with Gasteiger partial charge in [-0.3, -0.25) is 0 Å². The summed E-state index contributed by atoms with van der Waals surface area (Å²) in [7, 11) is 0. The van der Waals surface area contributed by atoms with Gasteiger partial charge in [-0.25, -0.2) is 4.68 Å². The standard InChI is InChI=1S/C16H17N3/c1-12-15-4-2-3-5-16(15)19(18-12)14-8-6-13(7-9-14)10-11-17/h2-9H,10-11,17H2,1H3. The van der Waals surface area contributed by atoms with Gasteiger partial charge in [-0.05, 0) is 43.7 Å². The van der Waals surface area contributed by atoms with Crippen LogP contribution in [-0.2, 0) is 6.42 Å². The van der Waals surface area contributed by atoms with Gasteiger partial charge in [0.25, 0.3) is 0 Å². The second kappa shape index (κ2) is 4.86. The molecule has 0 saturated heterocycles. The number of nitrogens with two attached hydrogens (primary N) is 1. The van der Waals surface area contributed by atoms with Gasteiger partial charge in [0.05, 0.1) is 16.9 Å². The second-order valence-corrected chi connectivity index (χ2v) is 4.72. The Labute approximate surface area is 112 Å². The topological polar surface area (TPSA) is 43.8 Å². The van der Waals surface area contributed by atoms with Crippen LogP contribution in [0.3, 0.4) is 0 Å². The quantitative estimate of drug-likeness (QED) is 0.778. The van der Waals surface area contributed by atoms with Crippen LogP contribution in [0.4, 0.5) is 0 Å². The minimum atomic E-state index is 0.684. The Morgan fingerprint density at radius 2 is 1.79 bits per heavy atom. The number of para-hydroxylation sites is 1. The van der Waals surface area contributed by atoms with Crippen molar-refractivity contribution in [3.63, 3.8) is 0 Å². The van der Waals surface area contributed by atoms with Crippen LogP contribution in [-0.4, -0.2) is 16.3 Å². The van der Waals surface area contributed by atoms with Crippen LogP contribution in [0, 0.1) is 6.92 Å². The van der Waals surface area contributed by atoms with Gasteiger partial charge in [-0.2, -0.15) is 5.10 Å². The summed E-state index contributed by atoms with van der Waals surface area (Å²) in [6, 6.07) is 16.7. The second-order valence-electron chi connectivity index (χ2n) is 4.72. The van der Waals surface area contributed by atoms with Crippen LogP contribution < -0.4 is 5.73 Å². The predicted molar refractivity (Wildman–Crippen MR) is 78.6 cm³/mol. The van der Waals surface area contributed by atoms with Crippen molar-refractivity contribution in [2.45, 2.75) is 13.3 Å². The molecule has 3 nitrogen and oxygen atoms in total. The molecule has 1 heterocycles. The van der Waals surface area contributed by atoms with Crippen molar-refractivity contribution >= 4 is 10.9 Å². The van der Waals surface area contributed by atoms with Crippen LogP contribution in [0.25, 0.3) is 16.6 Å². The molecule has 0 unspecified atom stereocenters. The molecule has 19 heavy (non-hydrogen) atoms. The van der Waals surface area contributed by atoms with Gasteiger partial charge in [-0.15, -0.1) is 0 Å². The van der Waals surface area contributed by atoms with Crippen molar-refractivity contribution in [1.29, 1.82) is 0 Å². The van der Waals surface area contributed by atoms with E-state index in [1.165, 1.54) is 10.9 Å². The Morgan fingerprint density at radius 1 is 1.05 bits per heavy atom. The third-order valence-electron chi connectivity index (χ3n) is 3.39. The summed E-state index contributed by atoms with van der Waals surface area (Å²) in [5.41, 5.74) is 10.1.